The summed E-state index contributed by atoms with van der Waals surface area (Å²) in [6, 6.07) is 0.886. The van der Waals surface area contributed by atoms with Crippen molar-refractivity contribution in [2.45, 2.75) is 25.8 Å². The lowest BCUT2D eigenvalue weighted by Gasteiger charge is -2.46. The Balaban J connectivity index is 1.93. The predicted octanol–water partition coefficient (Wildman–Crippen LogP) is 1.67. The maximum absolute atomic E-state index is 13.8. The molecule has 1 atom stereocenters. The number of amides is 2. The number of anilines is 2. The van der Waals surface area contributed by atoms with Crippen molar-refractivity contribution in [3.05, 3.63) is 17.0 Å². The summed E-state index contributed by atoms with van der Waals surface area (Å²) in [5, 5.41) is -0.112. The van der Waals surface area contributed by atoms with Crippen LogP contribution in [-0.2, 0) is 9.59 Å². The van der Waals surface area contributed by atoms with Gasteiger partial charge in [-0.2, -0.15) is 9.37 Å². The van der Waals surface area contributed by atoms with Crippen molar-refractivity contribution in [3.63, 3.8) is 0 Å². The van der Waals surface area contributed by atoms with Gasteiger partial charge in [0.1, 0.15) is 6.04 Å². The highest BCUT2D eigenvalue weighted by molar-refractivity contribution is 6.31. The summed E-state index contributed by atoms with van der Waals surface area (Å²) >= 11 is 5.79. The van der Waals surface area contributed by atoms with Gasteiger partial charge in [-0.05, 0) is 12.5 Å². The van der Waals surface area contributed by atoms with Crippen LogP contribution in [0.5, 0.6) is 0 Å². The molecule has 0 aromatic carbocycles. The summed E-state index contributed by atoms with van der Waals surface area (Å²) < 4.78 is 13.8. The first-order chi connectivity index (χ1) is 10.9. The Morgan fingerprint density at radius 3 is 2.91 bits per heavy atom. The second-order valence-corrected chi connectivity index (χ2v) is 6.21. The van der Waals surface area contributed by atoms with E-state index in [1.54, 1.807) is 16.8 Å². The molecule has 1 aromatic heterocycles. The van der Waals surface area contributed by atoms with E-state index in [0.29, 0.717) is 37.6 Å². The van der Waals surface area contributed by atoms with E-state index in [1.807, 2.05) is 6.92 Å². The Hall–Kier alpha value is -1.89. The summed E-state index contributed by atoms with van der Waals surface area (Å²) in [5.41, 5.74) is 0.492. The first kappa shape index (κ1) is 16.0. The number of carbonyl (C=O) groups is 2. The van der Waals surface area contributed by atoms with Gasteiger partial charge in [0.15, 0.2) is 5.82 Å². The first-order valence-corrected chi connectivity index (χ1v) is 7.99. The van der Waals surface area contributed by atoms with Gasteiger partial charge in [0.25, 0.3) is 5.91 Å². The third-order valence-electron chi connectivity index (χ3n) is 4.34. The van der Waals surface area contributed by atoms with Crippen LogP contribution in [0.25, 0.3) is 0 Å². The number of hydrogen-bond donors (Lipinski definition) is 0. The van der Waals surface area contributed by atoms with Crippen molar-refractivity contribution in [2.75, 3.05) is 36.5 Å². The summed E-state index contributed by atoms with van der Waals surface area (Å²) in [6.07, 6.45) is 1.24. The summed E-state index contributed by atoms with van der Waals surface area (Å²) in [7, 11) is 1.61. The van der Waals surface area contributed by atoms with E-state index in [9.17, 15) is 14.0 Å². The van der Waals surface area contributed by atoms with E-state index in [-0.39, 0.29) is 16.8 Å². The van der Waals surface area contributed by atoms with Gasteiger partial charge >= 0.3 is 0 Å². The maximum Gasteiger partial charge on any atom is 0.251 e. The number of fused-ring (bicyclic) bond motifs is 3. The van der Waals surface area contributed by atoms with Crippen LogP contribution in [0, 0.1) is 5.95 Å². The Labute approximate surface area is 138 Å². The van der Waals surface area contributed by atoms with Crippen LogP contribution in [0.4, 0.5) is 15.9 Å². The van der Waals surface area contributed by atoms with Crippen LogP contribution in [0.2, 0.25) is 5.02 Å². The van der Waals surface area contributed by atoms with E-state index < -0.39 is 12.0 Å². The van der Waals surface area contributed by atoms with E-state index in [1.165, 1.54) is 11.0 Å². The molecule has 1 fully saturated rings. The van der Waals surface area contributed by atoms with Gasteiger partial charge in [0, 0.05) is 26.6 Å². The zero-order valence-corrected chi connectivity index (χ0v) is 13.8. The molecule has 2 amide bonds. The lowest BCUT2D eigenvalue weighted by Crippen LogP contribution is -2.63. The molecule has 6 nitrogen and oxygen atoms in total. The fraction of sp³-hybridized carbons (Fsp3) is 0.533. The quantitative estimate of drug-likeness (QED) is 0.768. The average Bonchev–Trinajstić information content (AvgIpc) is 2.54. The van der Waals surface area contributed by atoms with Crippen LogP contribution in [-0.4, -0.2) is 54.4 Å². The van der Waals surface area contributed by atoms with Gasteiger partial charge in [-0.15, -0.1) is 0 Å². The summed E-state index contributed by atoms with van der Waals surface area (Å²) in [4.78, 5) is 33.5. The molecular weight excluding hydrogens is 323 g/mol. The Kier molecular flexibility index (Phi) is 4.14. The Morgan fingerprint density at radius 2 is 2.22 bits per heavy atom. The minimum Gasteiger partial charge on any atom is -0.339 e. The monoisotopic (exact) mass is 340 g/mol. The van der Waals surface area contributed by atoms with Crippen LogP contribution in [0.15, 0.2) is 6.07 Å². The fourth-order valence-corrected chi connectivity index (χ4v) is 3.24. The molecule has 0 aliphatic carbocycles. The molecule has 124 valence electrons. The van der Waals surface area contributed by atoms with E-state index in [2.05, 4.69) is 4.98 Å². The largest absolute Gasteiger partial charge is 0.339 e. The highest BCUT2D eigenvalue weighted by Gasteiger charge is 2.42. The lowest BCUT2D eigenvalue weighted by atomic mass is 10.1. The molecule has 23 heavy (non-hydrogen) atoms. The molecule has 2 aliphatic heterocycles. The molecule has 1 aromatic rings. The number of halogens is 2. The minimum atomic E-state index is -0.753. The molecule has 3 rings (SSSR count). The molecule has 0 saturated carbocycles. The molecule has 3 heterocycles. The third-order valence-corrected chi connectivity index (χ3v) is 4.60. The van der Waals surface area contributed by atoms with Crippen molar-refractivity contribution < 1.29 is 14.0 Å². The molecule has 1 saturated heterocycles. The zero-order chi connectivity index (χ0) is 16.7. The van der Waals surface area contributed by atoms with Gasteiger partial charge in [0.05, 0.1) is 17.3 Å². The van der Waals surface area contributed by atoms with Crippen molar-refractivity contribution in [1.82, 2.24) is 9.88 Å². The van der Waals surface area contributed by atoms with Gasteiger partial charge in [-0.25, -0.2) is 0 Å². The standard InChI is InChI=1S/C15H18ClFN4O2/c1-3-4-12(22)20-5-6-21-11(8-20)15(23)19(2)10-7-9(16)13(17)18-14(10)21/h7,11H,3-6,8H2,1-2H3. The van der Waals surface area contributed by atoms with Gasteiger partial charge in [-0.1, -0.05) is 18.5 Å². The third kappa shape index (κ3) is 2.63. The van der Waals surface area contributed by atoms with Gasteiger partial charge < -0.3 is 14.7 Å². The van der Waals surface area contributed by atoms with Crippen LogP contribution in [0.3, 0.4) is 0 Å². The second kappa shape index (κ2) is 5.96. The van der Waals surface area contributed by atoms with E-state index in [4.69, 9.17) is 11.6 Å². The average molecular weight is 341 g/mol. The number of pyridine rings is 1. The van der Waals surface area contributed by atoms with Crippen LogP contribution >= 0.6 is 11.6 Å². The highest BCUT2D eigenvalue weighted by Crippen LogP contribution is 2.37. The number of hydrogen-bond acceptors (Lipinski definition) is 4. The molecule has 0 spiro atoms. The number of likely N-dealkylation sites (N-methyl/N-ethyl adjacent to an activating group) is 1. The SMILES string of the molecule is CCCC(=O)N1CCN2c3nc(F)c(Cl)cc3N(C)C(=O)C2C1. The van der Waals surface area contributed by atoms with Crippen LogP contribution < -0.4 is 9.80 Å². The number of piperazine rings is 1. The molecule has 0 N–H and O–H groups in total. The second-order valence-electron chi connectivity index (χ2n) is 5.80. The normalized spacial score (nSPS) is 20.4. The smallest absolute Gasteiger partial charge is 0.251 e. The Morgan fingerprint density at radius 1 is 1.48 bits per heavy atom. The first-order valence-electron chi connectivity index (χ1n) is 7.62. The number of nitrogens with zero attached hydrogens (tertiary/aromatic N) is 4. The van der Waals surface area contributed by atoms with E-state index >= 15 is 0 Å². The molecule has 2 aliphatic rings. The molecular formula is C15H18ClFN4O2. The van der Waals surface area contributed by atoms with Gasteiger partial charge in [0.2, 0.25) is 11.9 Å². The van der Waals surface area contributed by atoms with Crippen molar-refractivity contribution in [2.24, 2.45) is 0 Å². The lowest BCUT2D eigenvalue weighted by molar-refractivity contribution is -0.133. The molecule has 0 radical (unpaired) electrons. The molecule has 8 heteroatoms. The van der Waals surface area contributed by atoms with Gasteiger partial charge in [-0.3, -0.25) is 9.59 Å². The number of aromatic nitrogens is 1. The topological polar surface area (TPSA) is 56.8 Å². The molecule has 0 bridgehead atoms. The van der Waals surface area contributed by atoms with Crippen molar-refractivity contribution in [3.8, 4) is 0 Å². The maximum atomic E-state index is 13.8. The Bertz CT molecular complexity index is 669. The number of carbonyl (C=O) groups excluding carboxylic acids is 2. The summed E-state index contributed by atoms with van der Waals surface area (Å²) in [5.74, 6) is -0.447. The van der Waals surface area contributed by atoms with Crippen LogP contribution in [0.1, 0.15) is 19.8 Å². The van der Waals surface area contributed by atoms with Crippen molar-refractivity contribution >= 4 is 34.9 Å². The fourth-order valence-electron chi connectivity index (χ4n) is 3.09. The highest BCUT2D eigenvalue weighted by atomic mass is 35.5. The van der Waals surface area contributed by atoms with Crippen molar-refractivity contribution in [1.29, 1.82) is 0 Å². The van der Waals surface area contributed by atoms with E-state index in [0.717, 1.165) is 6.42 Å². The summed E-state index contributed by atoms with van der Waals surface area (Å²) in [6.45, 7) is 3.19. The number of rotatable bonds is 2. The minimum absolute atomic E-state index is 0.0450. The predicted molar refractivity (Wildman–Crippen MR) is 85.2 cm³/mol. The zero-order valence-electron chi connectivity index (χ0n) is 13.1. The molecule has 1 unspecified atom stereocenters.